The normalized spacial score (nSPS) is 14.5. The summed E-state index contributed by atoms with van der Waals surface area (Å²) in [5, 5.41) is 6.73. The largest absolute Gasteiger partial charge is 0.493 e. The molecule has 1 aliphatic carbocycles. The Morgan fingerprint density at radius 2 is 2.00 bits per heavy atom. The number of hydrogen-bond donors (Lipinski definition) is 2. The lowest BCUT2D eigenvalue weighted by Crippen LogP contribution is -2.37. The van der Waals surface area contributed by atoms with Crippen molar-refractivity contribution in [3.05, 3.63) is 29.8 Å². The van der Waals surface area contributed by atoms with Crippen LogP contribution in [0.3, 0.4) is 0 Å². The summed E-state index contributed by atoms with van der Waals surface area (Å²) in [6.07, 6.45) is 2.69. The van der Waals surface area contributed by atoms with Gasteiger partial charge >= 0.3 is 0 Å². The lowest BCUT2D eigenvalue weighted by atomic mass is 10.2. The van der Waals surface area contributed by atoms with E-state index < -0.39 is 0 Å². The molecule has 0 radical (unpaired) electrons. The van der Waals surface area contributed by atoms with Gasteiger partial charge in [-0.2, -0.15) is 0 Å². The lowest BCUT2D eigenvalue weighted by molar-refractivity contribution is 0.268. The van der Waals surface area contributed by atoms with Crippen LogP contribution in [0.4, 0.5) is 0 Å². The molecule has 0 saturated heterocycles. The molecule has 1 aliphatic rings. The summed E-state index contributed by atoms with van der Waals surface area (Å²) in [4.78, 5) is 4.26. The van der Waals surface area contributed by atoms with Gasteiger partial charge < -0.3 is 15.4 Å². The van der Waals surface area contributed by atoms with Crippen LogP contribution in [0.2, 0.25) is 0 Å². The highest BCUT2D eigenvalue weighted by Crippen LogP contribution is 2.27. The number of nitrogens with one attached hydrogen (secondary N) is 2. The van der Waals surface area contributed by atoms with Crippen LogP contribution in [0.25, 0.3) is 0 Å². The predicted molar refractivity (Wildman–Crippen MR) is 103 cm³/mol. The molecule has 5 heteroatoms. The third-order valence-corrected chi connectivity index (χ3v) is 3.47. The van der Waals surface area contributed by atoms with E-state index in [1.165, 1.54) is 12.8 Å². The predicted octanol–water partition coefficient (Wildman–Crippen LogP) is 3.41. The summed E-state index contributed by atoms with van der Waals surface area (Å²) in [6.45, 7) is 6.80. The van der Waals surface area contributed by atoms with E-state index in [9.17, 15) is 0 Å². The number of para-hydroxylation sites is 1. The van der Waals surface area contributed by atoms with E-state index in [1.54, 1.807) is 0 Å². The molecule has 0 aromatic heterocycles. The van der Waals surface area contributed by atoms with Gasteiger partial charge in [0.1, 0.15) is 5.75 Å². The third kappa shape index (κ3) is 6.85. The minimum atomic E-state index is 0. The molecule has 0 atom stereocenters. The Labute approximate surface area is 151 Å². The molecule has 22 heavy (non-hydrogen) atoms. The number of rotatable bonds is 7. The molecule has 2 rings (SSSR count). The van der Waals surface area contributed by atoms with Gasteiger partial charge in [-0.1, -0.05) is 32.0 Å². The smallest absolute Gasteiger partial charge is 0.191 e. The standard InChI is InChI=1S/C17H27N3O.HI/c1-13(2)12-21-16-7-5-4-6-15(16)11-20-17(18-3)19-10-14-8-9-14;/h4-7,13-14H,8-12H2,1-3H3,(H2,18,19,20);1H. The van der Waals surface area contributed by atoms with Gasteiger partial charge in [0.05, 0.1) is 6.61 Å². The monoisotopic (exact) mass is 417 g/mol. The Kier molecular flexibility index (Phi) is 8.60. The van der Waals surface area contributed by atoms with Crippen molar-refractivity contribution >= 4 is 29.9 Å². The highest BCUT2D eigenvalue weighted by Gasteiger charge is 2.21. The molecule has 1 fully saturated rings. The second-order valence-electron chi connectivity index (χ2n) is 6.06. The van der Waals surface area contributed by atoms with Crippen LogP contribution >= 0.6 is 24.0 Å². The zero-order valence-electron chi connectivity index (χ0n) is 13.8. The number of aliphatic imine (C=N–C) groups is 1. The Hall–Kier alpha value is -0.980. The van der Waals surface area contributed by atoms with Gasteiger partial charge in [-0.25, -0.2) is 0 Å². The molecule has 124 valence electrons. The van der Waals surface area contributed by atoms with Crippen molar-refractivity contribution < 1.29 is 4.74 Å². The Balaban J connectivity index is 0.00000242. The zero-order chi connectivity index (χ0) is 15.1. The fraction of sp³-hybridized carbons (Fsp3) is 0.588. The van der Waals surface area contributed by atoms with E-state index in [-0.39, 0.29) is 24.0 Å². The van der Waals surface area contributed by atoms with Crippen LogP contribution in [0.5, 0.6) is 5.75 Å². The summed E-state index contributed by atoms with van der Waals surface area (Å²) in [6, 6.07) is 8.18. The lowest BCUT2D eigenvalue weighted by Gasteiger charge is -2.15. The maximum absolute atomic E-state index is 5.87. The van der Waals surface area contributed by atoms with Gasteiger partial charge in [0.25, 0.3) is 0 Å². The first-order valence-corrected chi connectivity index (χ1v) is 7.84. The molecule has 1 saturated carbocycles. The maximum Gasteiger partial charge on any atom is 0.191 e. The molecular weight excluding hydrogens is 389 g/mol. The first-order valence-electron chi connectivity index (χ1n) is 7.84. The molecule has 2 N–H and O–H groups in total. The van der Waals surface area contributed by atoms with Gasteiger partial charge in [-0.3, -0.25) is 4.99 Å². The van der Waals surface area contributed by atoms with Gasteiger partial charge in [0.15, 0.2) is 5.96 Å². The van der Waals surface area contributed by atoms with Crippen LogP contribution in [-0.4, -0.2) is 26.2 Å². The molecule has 0 amide bonds. The zero-order valence-corrected chi connectivity index (χ0v) is 16.1. The maximum atomic E-state index is 5.87. The molecule has 0 bridgehead atoms. The van der Waals surface area contributed by atoms with Gasteiger partial charge in [-0.05, 0) is 30.7 Å². The number of benzene rings is 1. The van der Waals surface area contributed by atoms with Crippen molar-refractivity contribution in [2.45, 2.75) is 33.2 Å². The van der Waals surface area contributed by atoms with E-state index >= 15 is 0 Å². The Bertz CT molecular complexity index is 473. The van der Waals surface area contributed by atoms with Crippen LogP contribution in [0, 0.1) is 11.8 Å². The van der Waals surface area contributed by atoms with Crippen molar-refractivity contribution in [2.75, 3.05) is 20.2 Å². The van der Waals surface area contributed by atoms with Crippen molar-refractivity contribution in [1.82, 2.24) is 10.6 Å². The molecule has 0 aliphatic heterocycles. The van der Waals surface area contributed by atoms with Crippen molar-refractivity contribution in [2.24, 2.45) is 16.8 Å². The topological polar surface area (TPSA) is 45.7 Å². The molecule has 0 spiro atoms. The van der Waals surface area contributed by atoms with E-state index in [1.807, 2.05) is 25.2 Å². The molecule has 0 heterocycles. The van der Waals surface area contributed by atoms with Crippen LogP contribution in [-0.2, 0) is 6.54 Å². The van der Waals surface area contributed by atoms with Gasteiger partial charge in [0, 0.05) is 25.7 Å². The summed E-state index contributed by atoms with van der Waals surface area (Å²) < 4.78 is 5.87. The molecule has 0 unspecified atom stereocenters. The van der Waals surface area contributed by atoms with E-state index in [2.05, 4.69) is 35.5 Å². The SMILES string of the molecule is CN=C(NCc1ccccc1OCC(C)C)NCC1CC1.I. The summed E-state index contributed by atoms with van der Waals surface area (Å²) in [7, 11) is 1.81. The average Bonchev–Trinajstić information content (AvgIpc) is 3.30. The van der Waals surface area contributed by atoms with Gasteiger partial charge in [-0.15, -0.1) is 24.0 Å². The molecular formula is C17H28IN3O. The van der Waals surface area contributed by atoms with Crippen molar-refractivity contribution in [3.63, 3.8) is 0 Å². The first kappa shape index (κ1) is 19.1. The molecule has 1 aromatic rings. The summed E-state index contributed by atoms with van der Waals surface area (Å²) >= 11 is 0. The highest BCUT2D eigenvalue weighted by atomic mass is 127. The average molecular weight is 417 g/mol. The molecule has 4 nitrogen and oxygen atoms in total. The third-order valence-electron chi connectivity index (χ3n) is 3.47. The minimum Gasteiger partial charge on any atom is -0.493 e. The number of ether oxygens (including phenoxy) is 1. The summed E-state index contributed by atoms with van der Waals surface area (Å²) in [5.74, 6) is 3.18. The van der Waals surface area contributed by atoms with Gasteiger partial charge in [0.2, 0.25) is 0 Å². The minimum absolute atomic E-state index is 0. The number of halogens is 1. The van der Waals surface area contributed by atoms with E-state index in [4.69, 9.17) is 4.74 Å². The fourth-order valence-electron chi connectivity index (χ4n) is 2.01. The Morgan fingerprint density at radius 3 is 2.64 bits per heavy atom. The van der Waals surface area contributed by atoms with Crippen LogP contribution in [0.1, 0.15) is 32.3 Å². The fourth-order valence-corrected chi connectivity index (χ4v) is 2.01. The van der Waals surface area contributed by atoms with Crippen molar-refractivity contribution in [1.29, 1.82) is 0 Å². The first-order chi connectivity index (χ1) is 10.2. The molecule has 1 aromatic carbocycles. The second-order valence-corrected chi connectivity index (χ2v) is 6.06. The highest BCUT2D eigenvalue weighted by molar-refractivity contribution is 14.0. The van der Waals surface area contributed by atoms with E-state index in [0.717, 1.165) is 42.9 Å². The van der Waals surface area contributed by atoms with Crippen LogP contribution in [0.15, 0.2) is 29.3 Å². The van der Waals surface area contributed by atoms with Crippen molar-refractivity contribution in [3.8, 4) is 5.75 Å². The summed E-state index contributed by atoms with van der Waals surface area (Å²) in [5.41, 5.74) is 1.16. The second kappa shape index (κ2) is 9.92. The van der Waals surface area contributed by atoms with E-state index in [0.29, 0.717) is 5.92 Å². The number of guanidine groups is 1. The number of hydrogen-bond acceptors (Lipinski definition) is 2. The Morgan fingerprint density at radius 1 is 1.27 bits per heavy atom. The van der Waals surface area contributed by atoms with Crippen LogP contribution < -0.4 is 15.4 Å². The number of nitrogens with zero attached hydrogens (tertiary/aromatic N) is 1. The quantitative estimate of drug-likeness (QED) is 0.406.